The van der Waals surface area contributed by atoms with Gasteiger partial charge in [-0.1, -0.05) is 12.1 Å². The first-order valence-corrected chi connectivity index (χ1v) is 10.8. The topological polar surface area (TPSA) is 76.5 Å². The molecule has 0 saturated carbocycles. The standard InChI is InChI=1S/C25H30N4O3/c1-5-32-25(31)23-17-27-29(18(23)2)22-14-10-20(11-15-22)24(30)26-16-6-7-19-8-12-21(13-9-19)28(3)4/h8-15,17H,5-7,16H2,1-4H3,(H,26,30). The van der Waals surface area contributed by atoms with E-state index in [2.05, 4.69) is 39.6 Å². The quantitative estimate of drug-likeness (QED) is 0.410. The van der Waals surface area contributed by atoms with Gasteiger partial charge in [-0.25, -0.2) is 9.48 Å². The monoisotopic (exact) mass is 434 g/mol. The van der Waals surface area contributed by atoms with E-state index < -0.39 is 0 Å². The van der Waals surface area contributed by atoms with E-state index in [-0.39, 0.29) is 11.9 Å². The molecule has 0 radical (unpaired) electrons. The predicted molar refractivity (Wildman–Crippen MR) is 126 cm³/mol. The molecular formula is C25H30N4O3. The molecule has 3 rings (SSSR count). The van der Waals surface area contributed by atoms with Crippen molar-refractivity contribution in [3.05, 3.63) is 77.1 Å². The SMILES string of the molecule is CCOC(=O)c1cnn(-c2ccc(C(=O)NCCCc3ccc(N(C)C)cc3)cc2)c1C. The van der Waals surface area contributed by atoms with Gasteiger partial charge < -0.3 is 15.0 Å². The number of aromatic nitrogens is 2. The maximum Gasteiger partial charge on any atom is 0.341 e. The van der Waals surface area contributed by atoms with Gasteiger partial charge in [0.1, 0.15) is 5.56 Å². The Kier molecular flexibility index (Phi) is 7.65. The molecule has 0 unspecified atom stereocenters. The third-order valence-electron chi connectivity index (χ3n) is 5.26. The minimum atomic E-state index is -0.388. The van der Waals surface area contributed by atoms with Crippen LogP contribution in [0.3, 0.4) is 0 Å². The summed E-state index contributed by atoms with van der Waals surface area (Å²) in [5.41, 5.74) is 4.92. The third-order valence-corrected chi connectivity index (χ3v) is 5.26. The number of anilines is 1. The van der Waals surface area contributed by atoms with Crippen LogP contribution >= 0.6 is 0 Å². The van der Waals surface area contributed by atoms with Gasteiger partial charge in [-0.05, 0) is 68.7 Å². The number of hydrogen-bond donors (Lipinski definition) is 1. The number of nitrogens with zero attached hydrogens (tertiary/aromatic N) is 3. The maximum atomic E-state index is 12.5. The lowest BCUT2D eigenvalue weighted by molar-refractivity contribution is 0.0525. The number of esters is 1. The number of ether oxygens (including phenoxy) is 1. The molecule has 32 heavy (non-hydrogen) atoms. The van der Waals surface area contributed by atoms with Gasteiger partial charge in [0.05, 0.1) is 24.2 Å². The van der Waals surface area contributed by atoms with E-state index in [0.717, 1.165) is 18.5 Å². The van der Waals surface area contributed by atoms with Gasteiger partial charge in [0.25, 0.3) is 5.91 Å². The zero-order chi connectivity index (χ0) is 23.1. The number of benzene rings is 2. The van der Waals surface area contributed by atoms with Gasteiger partial charge in [-0.15, -0.1) is 0 Å². The van der Waals surface area contributed by atoms with Gasteiger partial charge in [-0.3, -0.25) is 4.79 Å². The summed E-state index contributed by atoms with van der Waals surface area (Å²) < 4.78 is 6.71. The lowest BCUT2D eigenvalue weighted by Gasteiger charge is -2.12. The molecule has 0 atom stereocenters. The predicted octanol–water partition coefficient (Wildman–Crippen LogP) is 3.79. The zero-order valence-corrected chi connectivity index (χ0v) is 19.1. The Morgan fingerprint density at radius 3 is 2.38 bits per heavy atom. The van der Waals surface area contributed by atoms with E-state index in [9.17, 15) is 9.59 Å². The van der Waals surface area contributed by atoms with Crippen molar-refractivity contribution in [2.45, 2.75) is 26.7 Å². The van der Waals surface area contributed by atoms with Crippen molar-refractivity contribution in [2.24, 2.45) is 0 Å². The fourth-order valence-corrected chi connectivity index (χ4v) is 3.39. The van der Waals surface area contributed by atoms with Crippen LogP contribution in [0.15, 0.2) is 54.7 Å². The molecular weight excluding hydrogens is 404 g/mol. The fourth-order valence-electron chi connectivity index (χ4n) is 3.39. The minimum Gasteiger partial charge on any atom is -0.462 e. The molecule has 0 aliphatic rings. The molecule has 168 valence electrons. The van der Waals surface area contributed by atoms with Gasteiger partial charge >= 0.3 is 5.97 Å². The van der Waals surface area contributed by atoms with Gasteiger partial charge in [0, 0.05) is 31.9 Å². The normalized spacial score (nSPS) is 10.6. The molecule has 0 saturated heterocycles. The first kappa shape index (κ1) is 23.1. The van der Waals surface area contributed by atoms with Gasteiger partial charge in [-0.2, -0.15) is 5.10 Å². The lowest BCUT2D eigenvalue weighted by atomic mass is 10.1. The first-order chi connectivity index (χ1) is 15.4. The number of hydrogen-bond acceptors (Lipinski definition) is 5. The highest BCUT2D eigenvalue weighted by molar-refractivity contribution is 5.94. The van der Waals surface area contributed by atoms with E-state index in [0.29, 0.717) is 30.0 Å². The van der Waals surface area contributed by atoms with Crippen molar-refractivity contribution in [2.75, 3.05) is 32.1 Å². The van der Waals surface area contributed by atoms with Crippen LogP contribution in [-0.2, 0) is 11.2 Å². The summed E-state index contributed by atoms with van der Waals surface area (Å²) in [4.78, 5) is 26.5. The summed E-state index contributed by atoms with van der Waals surface area (Å²) in [6.07, 6.45) is 3.28. The Bertz CT molecular complexity index is 1050. The Morgan fingerprint density at radius 2 is 1.75 bits per heavy atom. The molecule has 0 bridgehead atoms. The second kappa shape index (κ2) is 10.6. The van der Waals surface area contributed by atoms with Crippen LogP contribution in [0.5, 0.6) is 0 Å². The Hall–Kier alpha value is -3.61. The van der Waals surface area contributed by atoms with E-state index in [1.54, 1.807) is 23.7 Å². The molecule has 0 fully saturated rings. The number of rotatable bonds is 9. The molecule has 0 aliphatic carbocycles. The summed E-state index contributed by atoms with van der Waals surface area (Å²) in [6, 6.07) is 15.6. The molecule has 0 aliphatic heterocycles. The molecule has 3 aromatic rings. The highest BCUT2D eigenvalue weighted by Gasteiger charge is 2.16. The van der Waals surface area contributed by atoms with E-state index in [1.807, 2.05) is 33.2 Å². The molecule has 0 spiro atoms. The second-order valence-electron chi connectivity index (χ2n) is 7.74. The fraction of sp³-hybridized carbons (Fsp3) is 0.320. The van der Waals surface area contributed by atoms with Gasteiger partial charge in [0.15, 0.2) is 0 Å². The molecule has 2 aromatic carbocycles. The van der Waals surface area contributed by atoms with Crippen LogP contribution in [0.25, 0.3) is 5.69 Å². The van der Waals surface area contributed by atoms with E-state index in [1.165, 1.54) is 17.4 Å². The molecule has 7 heteroatoms. The summed E-state index contributed by atoms with van der Waals surface area (Å²) in [5, 5.41) is 7.25. The summed E-state index contributed by atoms with van der Waals surface area (Å²) in [6.45, 7) is 4.50. The smallest absolute Gasteiger partial charge is 0.341 e. The Balaban J connectivity index is 1.52. The molecule has 1 amide bonds. The number of amides is 1. The Morgan fingerprint density at radius 1 is 1.06 bits per heavy atom. The van der Waals surface area contributed by atoms with Crippen LogP contribution in [-0.4, -0.2) is 48.9 Å². The summed E-state index contributed by atoms with van der Waals surface area (Å²) in [7, 11) is 4.04. The molecule has 7 nitrogen and oxygen atoms in total. The lowest BCUT2D eigenvalue weighted by Crippen LogP contribution is -2.24. The van der Waals surface area contributed by atoms with Crippen molar-refractivity contribution >= 4 is 17.6 Å². The highest BCUT2D eigenvalue weighted by atomic mass is 16.5. The van der Waals surface area contributed by atoms with Crippen molar-refractivity contribution in [3.8, 4) is 5.69 Å². The van der Waals surface area contributed by atoms with Crippen LogP contribution < -0.4 is 10.2 Å². The second-order valence-corrected chi connectivity index (χ2v) is 7.74. The number of carbonyl (C=O) groups excluding carboxylic acids is 2. The van der Waals surface area contributed by atoms with Crippen LogP contribution in [0.4, 0.5) is 5.69 Å². The highest BCUT2D eigenvalue weighted by Crippen LogP contribution is 2.16. The zero-order valence-electron chi connectivity index (χ0n) is 19.1. The van der Waals surface area contributed by atoms with E-state index >= 15 is 0 Å². The average molecular weight is 435 g/mol. The average Bonchev–Trinajstić information content (AvgIpc) is 3.18. The van der Waals surface area contributed by atoms with E-state index in [4.69, 9.17) is 4.74 Å². The van der Waals surface area contributed by atoms with Crippen LogP contribution in [0, 0.1) is 6.92 Å². The largest absolute Gasteiger partial charge is 0.462 e. The van der Waals surface area contributed by atoms with Gasteiger partial charge in [0.2, 0.25) is 0 Å². The third kappa shape index (κ3) is 5.55. The first-order valence-electron chi connectivity index (χ1n) is 10.8. The minimum absolute atomic E-state index is 0.107. The van der Waals surface area contributed by atoms with Crippen LogP contribution in [0.1, 0.15) is 45.3 Å². The van der Waals surface area contributed by atoms with Crippen molar-refractivity contribution in [3.63, 3.8) is 0 Å². The van der Waals surface area contributed by atoms with Crippen molar-refractivity contribution in [1.82, 2.24) is 15.1 Å². The summed E-state index contributed by atoms with van der Waals surface area (Å²) in [5.74, 6) is -0.496. The molecule has 1 aromatic heterocycles. The summed E-state index contributed by atoms with van der Waals surface area (Å²) >= 11 is 0. The number of nitrogens with one attached hydrogen (secondary N) is 1. The maximum absolute atomic E-state index is 12.5. The van der Waals surface area contributed by atoms with Crippen LogP contribution in [0.2, 0.25) is 0 Å². The van der Waals surface area contributed by atoms with Crippen molar-refractivity contribution < 1.29 is 14.3 Å². The molecule has 1 heterocycles. The Labute approximate surface area is 189 Å². The number of carbonyl (C=O) groups is 2. The van der Waals surface area contributed by atoms with Crippen molar-refractivity contribution in [1.29, 1.82) is 0 Å². The number of aryl methyl sites for hydroxylation is 1. The molecule has 1 N–H and O–H groups in total.